The third-order valence-electron chi connectivity index (χ3n) is 4.27. The van der Waals surface area contributed by atoms with E-state index >= 15 is 0 Å². The molecule has 2 rings (SSSR count). The first-order valence-electron chi connectivity index (χ1n) is 8.56. The minimum Gasteiger partial charge on any atom is -0.366 e. The summed E-state index contributed by atoms with van der Waals surface area (Å²) in [4.78, 5) is 14.9. The molecule has 134 valence electrons. The largest absolute Gasteiger partial charge is 0.366 e. The van der Waals surface area contributed by atoms with Crippen LogP contribution in [0.5, 0.6) is 0 Å². The van der Waals surface area contributed by atoms with Crippen LogP contribution in [0.2, 0.25) is 5.02 Å². The topological polar surface area (TPSA) is 29.5 Å². The normalized spacial score (nSPS) is 23.4. The number of hydrogen-bond donors (Lipinski definition) is 0. The van der Waals surface area contributed by atoms with Gasteiger partial charge in [0, 0.05) is 21.6 Å². The van der Waals surface area contributed by atoms with Gasteiger partial charge in [-0.15, -0.1) is 0 Å². The molecule has 1 aliphatic heterocycles. The summed E-state index contributed by atoms with van der Waals surface area (Å²) < 4.78 is 5.91. The van der Waals surface area contributed by atoms with Crippen molar-refractivity contribution in [1.29, 1.82) is 0 Å². The van der Waals surface area contributed by atoms with Gasteiger partial charge in [0.05, 0.1) is 12.6 Å². The van der Waals surface area contributed by atoms with E-state index in [2.05, 4.69) is 32.6 Å². The highest BCUT2D eigenvalue weighted by atomic mass is 35.5. The first-order chi connectivity index (χ1) is 11.2. The van der Waals surface area contributed by atoms with E-state index in [1.807, 2.05) is 43.0 Å². The molecule has 3 atom stereocenters. The van der Waals surface area contributed by atoms with E-state index in [-0.39, 0.29) is 28.8 Å². The van der Waals surface area contributed by atoms with E-state index in [0.29, 0.717) is 11.6 Å². The molecule has 0 bridgehead atoms. The molecule has 1 fully saturated rings. The Morgan fingerprint density at radius 2 is 1.96 bits per heavy atom. The second kappa shape index (κ2) is 8.11. The molecule has 24 heavy (non-hydrogen) atoms. The lowest BCUT2D eigenvalue weighted by molar-refractivity contribution is -0.161. The zero-order valence-electron chi connectivity index (χ0n) is 15.2. The van der Waals surface area contributed by atoms with E-state index < -0.39 is 0 Å². The Morgan fingerprint density at radius 1 is 1.33 bits per heavy atom. The third-order valence-corrected chi connectivity index (χ3v) is 5.94. The number of benzene rings is 1. The molecule has 0 aromatic heterocycles. The van der Waals surface area contributed by atoms with Gasteiger partial charge in [0.2, 0.25) is 0 Å². The molecule has 5 heteroatoms. The number of thioether (sulfide) groups is 1. The second-order valence-corrected chi connectivity index (χ2v) is 9.56. The van der Waals surface area contributed by atoms with Crippen molar-refractivity contribution in [3.05, 3.63) is 34.9 Å². The van der Waals surface area contributed by atoms with Crippen LogP contribution in [0.15, 0.2) is 24.3 Å². The summed E-state index contributed by atoms with van der Waals surface area (Å²) in [6.07, 6.45) is 0.563. The van der Waals surface area contributed by atoms with Crippen molar-refractivity contribution >= 4 is 29.3 Å². The predicted octanol–water partition coefficient (Wildman–Crippen LogP) is 4.94. The molecule has 1 aromatic carbocycles. The van der Waals surface area contributed by atoms with Gasteiger partial charge in [-0.2, -0.15) is 11.8 Å². The van der Waals surface area contributed by atoms with Crippen molar-refractivity contribution in [2.24, 2.45) is 0 Å². The molecule has 3 nitrogen and oxygen atoms in total. The number of carbonyl (C=O) groups is 1. The summed E-state index contributed by atoms with van der Waals surface area (Å²) >= 11 is 7.92. The van der Waals surface area contributed by atoms with Crippen molar-refractivity contribution in [3.8, 4) is 0 Å². The highest BCUT2D eigenvalue weighted by Gasteiger charge is 2.38. The van der Waals surface area contributed by atoms with Crippen LogP contribution in [0.1, 0.15) is 52.6 Å². The number of carbonyl (C=O) groups excluding carboxylic acids is 1. The highest BCUT2D eigenvalue weighted by molar-refractivity contribution is 8.00. The minimum atomic E-state index is -0.373. The highest BCUT2D eigenvalue weighted by Crippen LogP contribution is 2.34. The lowest BCUT2D eigenvalue weighted by Crippen LogP contribution is -2.53. The fourth-order valence-corrected chi connectivity index (χ4v) is 4.08. The SMILES string of the molecule is CCC(CSC(C)(C)C)N1C(=O)C(C)OCC1c1ccc(Cl)cc1. The molecule has 1 saturated heterocycles. The summed E-state index contributed by atoms with van der Waals surface area (Å²) in [5.74, 6) is 1.02. The zero-order chi connectivity index (χ0) is 17.9. The lowest BCUT2D eigenvalue weighted by Gasteiger charge is -2.43. The fraction of sp³-hybridized carbons (Fsp3) is 0.632. The minimum absolute atomic E-state index is 0.0449. The maximum absolute atomic E-state index is 12.9. The molecule has 1 aromatic rings. The van der Waals surface area contributed by atoms with Crippen LogP contribution in [0.3, 0.4) is 0 Å². The molecule has 1 aliphatic rings. The Morgan fingerprint density at radius 3 is 2.50 bits per heavy atom. The van der Waals surface area contributed by atoms with Gasteiger partial charge < -0.3 is 9.64 Å². The van der Waals surface area contributed by atoms with E-state index in [1.165, 1.54) is 0 Å². The standard InChI is InChI=1S/C19H28ClNO2S/c1-6-16(12-24-19(3,4)5)21-17(11-23-13(2)18(21)22)14-7-9-15(20)10-8-14/h7-10,13,16-17H,6,11-12H2,1-5H3. The summed E-state index contributed by atoms with van der Waals surface area (Å²) in [5.41, 5.74) is 1.08. The zero-order valence-corrected chi connectivity index (χ0v) is 16.8. The molecule has 0 aliphatic carbocycles. The summed E-state index contributed by atoms with van der Waals surface area (Å²) in [7, 11) is 0. The van der Waals surface area contributed by atoms with Crippen LogP contribution >= 0.6 is 23.4 Å². The molecule has 1 heterocycles. The van der Waals surface area contributed by atoms with Crippen molar-refractivity contribution in [3.63, 3.8) is 0 Å². The average Bonchev–Trinajstić information content (AvgIpc) is 2.52. The maximum atomic E-state index is 12.9. The van der Waals surface area contributed by atoms with Gasteiger partial charge in [-0.05, 0) is 31.0 Å². The van der Waals surface area contributed by atoms with Crippen LogP contribution in [0, 0.1) is 0 Å². The monoisotopic (exact) mass is 369 g/mol. The second-order valence-electron chi connectivity index (χ2n) is 7.27. The van der Waals surface area contributed by atoms with Crippen molar-refractivity contribution < 1.29 is 9.53 Å². The van der Waals surface area contributed by atoms with Crippen molar-refractivity contribution in [2.75, 3.05) is 12.4 Å². The first kappa shape index (κ1) is 19.6. The number of ether oxygens (including phenoxy) is 1. The lowest BCUT2D eigenvalue weighted by atomic mass is 10.0. The van der Waals surface area contributed by atoms with E-state index in [4.69, 9.17) is 16.3 Å². The predicted molar refractivity (Wildman–Crippen MR) is 103 cm³/mol. The molecule has 0 radical (unpaired) electrons. The van der Waals surface area contributed by atoms with Gasteiger partial charge in [0.25, 0.3) is 5.91 Å². The Hall–Kier alpha value is -0.710. The van der Waals surface area contributed by atoms with Gasteiger partial charge >= 0.3 is 0 Å². The molecular formula is C19H28ClNO2S. The van der Waals surface area contributed by atoms with E-state index in [9.17, 15) is 4.79 Å². The number of rotatable bonds is 5. The van der Waals surface area contributed by atoms with E-state index in [1.54, 1.807) is 0 Å². The summed E-state index contributed by atoms with van der Waals surface area (Å²) in [6, 6.07) is 7.91. The molecule has 0 saturated carbocycles. The maximum Gasteiger partial charge on any atom is 0.252 e. The summed E-state index contributed by atoms with van der Waals surface area (Å²) in [5, 5.41) is 0.706. The van der Waals surface area contributed by atoms with Crippen molar-refractivity contribution in [1.82, 2.24) is 4.90 Å². The Balaban J connectivity index is 2.27. The third kappa shape index (κ3) is 4.90. The van der Waals surface area contributed by atoms with Gasteiger partial charge in [-0.3, -0.25) is 4.79 Å². The van der Waals surface area contributed by atoms with Crippen LogP contribution in [-0.2, 0) is 9.53 Å². The smallest absolute Gasteiger partial charge is 0.252 e. The first-order valence-corrected chi connectivity index (χ1v) is 9.92. The summed E-state index contributed by atoms with van der Waals surface area (Å²) in [6.45, 7) is 11.2. The number of morpholine rings is 1. The molecular weight excluding hydrogens is 342 g/mol. The van der Waals surface area contributed by atoms with Crippen LogP contribution in [0.4, 0.5) is 0 Å². The van der Waals surface area contributed by atoms with Gasteiger partial charge in [-0.25, -0.2) is 0 Å². The number of nitrogens with zero attached hydrogens (tertiary/aromatic N) is 1. The molecule has 1 amide bonds. The van der Waals surface area contributed by atoms with Crippen molar-refractivity contribution in [2.45, 2.75) is 64.0 Å². The quantitative estimate of drug-likeness (QED) is 0.736. The van der Waals surface area contributed by atoms with Crippen LogP contribution < -0.4 is 0 Å². The van der Waals surface area contributed by atoms with Gasteiger partial charge in [0.15, 0.2) is 0 Å². The number of hydrogen-bond acceptors (Lipinski definition) is 3. The molecule has 0 N–H and O–H groups in total. The van der Waals surface area contributed by atoms with Gasteiger partial charge in [-0.1, -0.05) is 51.4 Å². The average molecular weight is 370 g/mol. The Labute approximate surface area is 155 Å². The molecule has 0 spiro atoms. The van der Waals surface area contributed by atoms with Crippen LogP contribution in [-0.4, -0.2) is 40.1 Å². The number of halogens is 1. The molecule has 3 unspecified atom stereocenters. The Kier molecular flexibility index (Phi) is 6.63. The van der Waals surface area contributed by atoms with Gasteiger partial charge in [0.1, 0.15) is 6.10 Å². The van der Waals surface area contributed by atoms with E-state index in [0.717, 1.165) is 17.7 Å². The number of amides is 1. The fourth-order valence-electron chi connectivity index (χ4n) is 2.87. The van der Waals surface area contributed by atoms with Crippen LogP contribution in [0.25, 0.3) is 0 Å². The Bertz CT molecular complexity index is 555.